The molecular weight excluding hydrogens is 422 g/mol. The van der Waals surface area contributed by atoms with E-state index in [2.05, 4.69) is 54.2 Å². The fraction of sp³-hybridized carbons (Fsp3) is 0.261. The molecule has 168 valence electrons. The Kier molecular flexibility index (Phi) is 5.35. The number of nitro benzene ring substituents is 1. The van der Waals surface area contributed by atoms with Gasteiger partial charge in [-0.1, -0.05) is 29.4 Å². The third-order valence-corrected chi connectivity index (χ3v) is 5.88. The van der Waals surface area contributed by atoms with Crippen molar-refractivity contribution in [2.75, 3.05) is 19.0 Å². The molecule has 0 unspecified atom stereocenters. The molecule has 0 spiro atoms. The Bertz CT molecular complexity index is 1280. The standard InChI is InChI=1S/C23H23N7O3/c1-28(2)17-8-6-15(7-9-17)12-29-13-20-19(24-14-25-20)11-21(29)23-26-22(27-33-23)16-4-3-5-18(10-16)30(31)32/h3-10,14,21H,11-13H2,1-2H3,(H,24,25)/t21-/m0/s1. The van der Waals surface area contributed by atoms with Crippen molar-refractivity contribution in [2.45, 2.75) is 25.6 Å². The molecule has 1 aliphatic rings. The molecule has 0 saturated carbocycles. The number of aromatic nitrogens is 4. The highest BCUT2D eigenvalue weighted by molar-refractivity contribution is 5.58. The Morgan fingerprint density at radius 2 is 2.06 bits per heavy atom. The van der Waals surface area contributed by atoms with Crippen LogP contribution in [0.1, 0.15) is 28.9 Å². The van der Waals surface area contributed by atoms with Crippen LogP contribution in [-0.2, 0) is 19.5 Å². The largest absolute Gasteiger partial charge is 0.378 e. The molecular formula is C23H23N7O3. The number of hydrogen-bond acceptors (Lipinski definition) is 8. The number of nitrogens with one attached hydrogen (secondary N) is 1. The Morgan fingerprint density at radius 1 is 1.24 bits per heavy atom. The zero-order chi connectivity index (χ0) is 22.9. The predicted octanol–water partition coefficient (Wildman–Crippen LogP) is 3.73. The molecule has 1 atom stereocenters. The molecule has 10 heteroatoms. The number of nitro groups is 1. The van der Waals surface area contributed by atoms with Gasteiger partial charge in [0.15, 0.2) is 0 Å². The lowest BCUT2D eigenvalue weighted by Gasteiger charge is -2.32. The minimum absolute atomic E-state index is 0.0134. The van der Waals surface area contributed by atoms with Crippen molar-refractivity contribution in [3.05, 3.63) is 87.8 Å². The number of benzene rings is 2. The summed E-state index contributed by atoms with van der Waals surface area (Å²) in [6.07, 6.45) is 2.34. The Labute approximate surface area is 190 Å². The van der Waals surface area contributed by atoms with Gasteiger partial charge in [-0.05, 0) is 17.7 Å². The van der Waals surface area contributed by atoms with E-state index < -0.39 is 4.92 Å². The lowest BCUT2D eigenvalue weighted by atomic mass is 10.0. The van der Waals surface area contributed by atoms with Crippen molar-refractivity contribution in [1.29, 1.82) is 0 Å². The molecule has 4 aromatic rings. The average molecular weight is 445 g/mol. The summed E-state index contributed by atoms with van der Waals surface area (Å²) in [6, 6.07) is 14.5. The second kappa shape index (κ2) is 8.47. The molecule has 10 nitrogen and oxygen atoms in total. The number of fused-ring (bicyclic) bond motifs is 1. The van der Waals surface area contributed by atoms with Gasteiger partial charge < -0.3 is 14.4 Å². The number of H-pyrrole nitrogens is 1. The van der Waals surface area contributed by atoms with Gasteiger partial charge in [0.25, 0.3) is 5.69 Å². The summed E-state index contributed by atoms with van der Waals surface area (Å²) in [5.74, 6) is 0.798. The van der Waals surface area contributed by atoms with Crippen LogP contribution in [0.2, 0.25) is 0 Å². The first-order chi connectivity index (χ1) is 16.0. The maximum atomic E-state index is 11.1. The molecule has 0 bridgehead atoms. The van der Waals surface area contributed by atoms with E-state index in [4.69, 9.17) is 4.52 Å². The Morgan fingerprint density at radius 3 is 2.82 bits per heavy atom. The van der Waals surface area contributed by atoms with Gasteiger partial charge in [-0.25, -0.2) is 4.98 Å². The van der Waals surface area contributed by atoms with Crippen LogP contribution in [0.4, 0.5) is 11.4 Å². The average Bonchev–Trinajstić information content (AvgIpc) is 3.48. The van der Waals surface area contributed by atoms with E-state index in [0.717, 1.165) is 17.1 Å². The van der Waals surface area contributed by atoms with Crippen LogP contribution in [0.3, 0.4) is 0 Å². The van der Waals surface area contributed by atoms with E-state index in [-0.39, 0.29) is 11.7 Å². The summed E-state index contributed by atoms with van der Waals surface area (Å²) in [5.41, 5.74) is 4.90. The van der Waals surface area contributed by atoms with Crippen LogP contribution in [0.5, 0.6) is 0 Å². The van der Waals surface area contributed by atoms with Crippen molar-refractivity contribution in [3.8, 4) is 11.4 Å². The van der Waals surface area contributed by atoms with Crippen LogP contribution >= 0.6 is 0 Å². The molecule has 2 aromatic heterocycles. The number of aromatic amines is 1. The van der Waals surface area contributed by atoms with Gasteiger partial charge in [-0.3, -0.25) is 15.0 Å². The van der Waals surface area contributed by atoms with E-state index in [1.54, 1.807) is 18.5 Å². The molecule has 1 aliphatic heterocycles. The number of imidazole rings is 1. The lowest BCUT2D eigenvalue weighted by Crippen LogP contribution is -2.34. The maximum Gasteiger partial charge on any atom is 0.270 e. The summed E-state index contributed by atoms with van der Waals surface area (Å²) in [6.45, 7) is 1.37. The fourth-order valence-electron chi connectivity index (χ4n) is 4.08. The van der Waals surface area contributed by atoms with Crippen LogP contribution in [0, 0.1) is 10.1 Å². The minimum atomic E-state index is -0.436. The first-order valence-electron chi connectivity index (χ1n) is 10.6. The quantitative estimate of drug-likeness (QED) is 0.352. The van der Waals surface area contributed by atoms with Gasteiger partial charge in [0, 0.05) is 57.0 Å². The normalized spacial score (nSPS) is 15.9. The van der Waals surface area contributed by atoms with E-state index >= 15 is 0 Å². The van der Waals surface area contributed by atoms with Crippen LogP contribution in [-0.4, -0.2) is 44.0 Å². The van der Waals surface area contributed by atoms with Crippen LogP contribution < -0.4 is 4.90 Å². The van der Waals surface area contributed by atoms with Gasteiger partial charge in [0.1, 0.15) is 0 Å². The highest BCUT2D eigenvalue weighted by Crippen LogP contribution is 2.33. The predicted molar refractivity (Wildman–Crippen MR) is 121 cm³/mol. The molecule has 0 amide bonds. The van der Waals surface area contributed by atoms with Crippen LogP contribution in [0.25, 0.3) is 11.4 Å². The molecule has 3 heterocycles. The number of anilines is 1. The molecule has 2 aromatic carbocycles. The Hall–Kier alpha value is -4.05. The summed E-state index contributed by atoms with van der Waals surface area (Å²) in [7, 11) is 4.04. The smallest absolute Gasteiger partial charge is 0.270 e. The van der Waals surface area contributed by atoms with Crippen LogP contribution in [0.15, 0.2) is 59.4 Å². The minimum Gasteiger partial charge on any atom is -0.378 e. The third kappa shape index (κ3) is 4.20. The van der Waals surface area contributed by atoms with Crippen molar-refractivity contribution >= 4 is 11.4 Å². The third-order valence-electron chi connectivity index (χ3n) is 5.88. The molecule has 0 radical (unpaired) electrons. The van der Waals surface area contributed by atoms with Crippen molar-refractivity contribution < 1.29 is 9.45 Å². The fourth-order valence-corrected chi connectivity index (χ4v) is 4.08. The molecule has 33 heavy (non-hydrogen) atoms. The van der Waals surface area contributed by atoms with Gasteiger partial charge in [-0.2, -0.15) is 4.98 Å². The number of rotatable bonds is 6. The molecule has 0 fully saturated rings. The number of nitrogens with zero attached hydrogens (tertiary/aromatic N) is 6. The van der Waals surface area contributed by atoms with E-state index in [1.807, 2.05) is 14.1 Å². The molecule has 5 rings (SSSR count). The highest BCUT2D eigenvalue weighted by atomic mass is 16.6. The lowest BCUT2D eigenvalue weighted by molar-refractivity contribution is -0.384. The van der Waals surface area contributed by atoms with Crippen molar-refractivity contribution in [3.63, 3.8) is 0 Å². The van der Waals surface area contributed by atoms with E-state index in [1.165, 1.54) is 17.7 Å². The molecule has 0 aliphatic carbocycles. The maximum absolute atomic E-state index is 11.1. The zero-order valence-corrected chi connectivity index (χ0v) is 18.3. The number of hydrogen-bond donors (Lipinski definition) is 1. The second-order valence-electron chi connectivity index (χ2n) is 8.28. The van der Waals surface area contributed by atoms with Gasteiger partial charge in [-0.15, -0.1) is 0 Å². The zero-order valence-electron chi connectivity index (χ0n) is 18.3. The van der Waals surface area contributed by atoms with E-state index in [0.29, 0.717) is 36.8 Å². The highest BCUT2D eigenvalue weighted by Gasteiger charge is 2.33. The topological polar surface area (TPSA) is 117 Å². The first kappa shape index (κ1) is 20.8. The van der Waals surface area contributed by atoms with Gasteiger partial charge in [0.2, 0.25) is 11.7 Å². The van der Waals surface area contributed by atoms with Gasteiger partial charge >= 0.3 is 0 Å². The Balaban J connectivity index is 1.44. The summed E-state index contributed by atoms with van der Waals surface area (Å²) in [4.78, 5) is 27.3. The second-order valence-corrected chi connectivity index (χ2v) is 8.28. The molecule has 0 saturated heterocycles. The van der Waals surface area contributed by atoms with E-state index in [9.17, 15) is 10.1 Å². The summed E-state index contributed by atoms with van der Waals surface area (Å²) < 4.78 is 5.65. The first-order valence-corrected chi connectivity index (χ1v) is 10.6. The summed E-state index contributed by atoms with van der Waals surface area (Å²) in [5, 5.41) is 15.2. The summed E-state index contributed by atoms with van der Waals surface area (Å²) >= 11 is 0. The monoisotopic (exact) mass is 445 g/mol. The molecule has 1 N–H and O–H groups in total. The van der Waals surface area contributed by atoms with Crippen molar-refractivity contribution in [1.82, 2.24) is 25.0 Å². The van der Waals surface area contributed by atoms with Gasteiger partial charge in [0.05, 0.1) is 28.7 Å². The number of non-ortho nitro benzene ring substituents is 1. The SMILES string of the molecule is CN(C)c1ccc(CN2Cc3[nH]cnc3C[C@H]2c2nc(-c3cccc([N+](=O)[O-])c3)no2)cc1. The van der Waals surface area contributed by atoms with Crippen molar-refractivity contribution in [2.24, 2.45) is 0 Å².